The van der Waals surface area contributed by atoms with Gasteiger partial charge in [0.2, 0.25) is 0 Å². The summed E-state index contributed by atoms with van der Waals surface area (Å²) in [7, 11) is 0. The highest BCUT2D eigenvalue weighted by molar-refractivity contribution is 5.93. The lowest BCUT2D eigenvalue weighted by atomic mass is 10.1. The third-order valence-corrected chi connectivity index (χ3v) is 4.02. The molecule has 2 saturated carbocycles. The van der Waals surface area contributed by atoms with Crippen LogP contribution in [-0.4, -0.2) is 28.0 Å². The molecule has 1 heterocycles. The Hall–Kier alpha value is -1.65. The molecule has 2 aliphatic carbocycles. The van der Waals surface area contributed by atoms with Gasteiger partial charge in [-0.1, -0.05) is 25.7 Å². The lowest BCUT2D eigenvalue weighted by molar-refractivity contribution is 0.0946. The zero-order valence-corrected chi connectivity index (χ0v) is 11.8. The van der Waals surface area contributed by atoms with Gasteiger partial charge in [-0.3, -0.25) is 4.79 Å². The van der Waals surface area contributed by atoms with Gasteiger partial charge in [0.15, 0.2) is 0 Å². The van der Waals surface area contributed by atoms with E-state index in [9.17, 15) is 4.79 Å². The number of nitrogens with one attached hydrogen (secondary N) is 2. The summed E-state index contributed by atoms with van der Waals surface area (Å²) in [5.74, 6) is 0.687. The van der Waals surface area contributed by atoms with Crippen molar-refractivity contribution in [2.24, 2.45) is 0 Å². The molecule has 5 nitrogen and oxygen atoms in total. The first-order valence-electron chi connectivity index (χ1n) is 7.71. The van der Waals surface area contributed by atoms with Crippen LogP contribution in [0.15, 0.2) is 12.4 Å². The van der Waals surface area contributed by atoms with Crippen molar-refractivity contribution in [3.8, 4) is 0 Å². The molecule has 0 radical (unpaired) electrons. The molecule has 1 aromatic heterocycles. The number of anilines is 1. The predicted molar refractivity (Wildman–Crippen MR) is 77.6 cm³/mol. The van der Waals surface area contributed by atoms with Gasteiger partial charge < -0.3 is 10.6 Å². The first-order chi connectivity index (χ1) is 9.81. The molecule has 2 fully saturated rings. The van der Waals surface area contributed by atoms with Crippen molar-refractivity contribution in [1.82, 2.24) is 15.3 Å². The zero-order chi connectivity index (χ0) is 13.8. The molecule has 0 atom stereocenters. The predicted octanol–water partition coefficient (Wildman–Crippen LogP) is 2.50. The largest absolute Gasteiger partial charge is 0.367 e. The van der Waals surface area contributed by atoms with E-state index in [2.05, 4.69) is 20.6 Å². The average molecular weight is 274 g/mol. The quantitative estimate of drug-likeness (QED) is 0.828. The Labute approximate surface area is 119 Å². The molecule has 2 aliphatic rings. The molecule has 1 amide bonds. The maximum atomic E-state index is 12.0. The maximum Gasteiger partial charge on any atom is 0.270 e. The van der Waals surface area contributed by atoms with E-state index in [1.807, 2.05) is 0 Å². The van der Waals surface area contributed by atoms with Gasteiger partial charge in [0.05, 0.1) is 0 Å². The first kappa shape index (κ1) is 13.3. The van der Waals surface area contributed by atoms with Gasteiger partial charge in [0.1, 0.15) is 17.8 Å². The highest BCUT2D eigenvalue weighted by Crippen LogP contribution is 2.21. The van der Waals surface area contributed by atoms with Gasteiger partial charge in [-0.05, 0) is 25.7 Å². The van der Waals surface area contributed by atoms with Gasteiger partial charge in [-0.25, -0.2) is 9.97 Å². The third-order valence-electron chi connectivity index (χ3n) is 4.02. The molecule has 2 N–H and O–H groups in total. The van der Waals surface area contributed by atoms with Crippen LogP contribution in [0.2, 0.25) is 0 Å². The second kappa shape index (κ2) is 6.20. The summed E-state index contributed by atoms with van der Waals surface area (Å²) in [5.41, 5.74) is 0.461. The second-order valence-electron chi connectivity index (χ2n) is 5.87. The highest BCUT2D eigenvalue weighted by atomic mass is 16.2. The van der Waals surface area contributed by atoms with Gasteiger partial charge in [-0.2, -0.15) is 0 Å². The molecule has 108 valence electrons. The number of amides is 1. The van der Waals surface area contributed by atoms with Crippen molar-refractivity contribution in [3.05, 3.63) is 18.1 Å². The van der Waals surface area contributed by atoms with Gasteiger partial charge in [-0.15, -0.1) is 0 Å². The third kappa shape index (κ3) is 3.68. The number of nitrogens with zero attached hydrogens (tertiary/aromatic N) is 2. The van der Waals surface area contributed by atoms with Gasteiger partial charge in [0.25, 0.3) is 5.91 Å². The molecule has 20 heavy (non-hydrogen) atoms. The monoisotopic (exact) mass is 274 g/mol. The van der Waals surface area contributed by atoms with Crippen LogP contribution in [0.4, 0.5) is 5.82 Å². The van der Waals surface area contributed by atoms with Crippen molar-refractivity contribution < 1.29 is 4.79 Å². The van der Waals surface area contributed by atoms with Crippen molar-refractivity contribution >= 4 is 11.7 Å². The number of rotatable bonds is 4. The summed E-state index contributed by atoms with van der Waals surface area (Å²) in [6.45, 7) is 0. The number of carbonyl (C=O) groups excluding carboxylic acids is 1. The fraction of sp³-hybridized carbons (Fsp3) is 0.667. The minimum absolute atomic E-state index is 0.0844. The van der Waals surface area contributed by atoms with Gasteiger partial charge in [0, 0.05) is 18.2 Å². The lowest BCUT2D eigenvalue weighted by Crippen LogP contribution is -2.27. The van der Waals surface area contributed by atoms with Crippen LogP contribution in [0.5, 0.6) is 0 Å². The van der Waals surface area contributed by atoms with E-state index in [1.165, 1.54) is 44.9 Å². The van der Waals surface area contributed by atoms with E-state index in [0.29, 0.717) is 17.8 Å². The Balaban J connectivity index is 1.62. The number of carbonyl (C=O) groups is 1. The molecule has 0 unspecified atom stereocenters. The van der Waals surface area contributed by atoms with Crippen LogP contribution in [0.1, 0.15) is 61.9 Å². The van der Waals surface area contributed by atoms with Crippen LogP contribution in [0.3, 0.4) is 0 Å². The standard InChI is InChI=1S/C15H22N4O/c20-15(19-12-7-8-12)13-9-14(17-10-16-13)18-11-5-3-1-2-4-6-11/h9-12H,1-8H2,(H,19,20)(H,16,17,18). The Kier molecular flexibility index (Phi) is 4.14. The maximum absolute atomic E-state index is 12.0. The average Bonchev–Trinajstić information content (AvgIpc) is 3.27. The van der Waals surface area contributed by atoms with E-state index < -0.39 is 0 Å². The normalized spacial score (nSPS) is 20.2. The van der Waals surface area contributed by atoms with Crippen LogP contribution in [0.25, 0.3) is 0 Å². The minimum Gasteiger partial charge on any atom is -0.367 e. The Morgan fingerprint density at radius 2 is 1.75 bits per heavy atom. The molecule has 1 aromatic rings. The summed E-state index contributed by atoms with van der Waals surface area (Å²) in [6, 6.07) is 2.60. The van der Waals surface area contributed by atoms with Crippen LogP contribution in [-0.2, 0) is 0 Å². The summed E-state index contributed by atoms with van der Waals surface area (Å²) >= 11 is 0. The molecule has 5 heteroatoms. The van der Waals surface area contributed by atoms with Crippen molar-refractivity contribution in [2.45, 2.75) is 63.5 Å². The summed E-state index contributed by atoms with van der Waals surface area (Å²) in [6.07, 6.45) is 11.2. The summed E-state index contributed by atoms with van der Waals surface area (Å²) in [4.78, 5) is 20.3. The fourth-order valence-electron chi connectivity index (χ4n) is 2.68. The van der Waals surface area contributed by atoms with E-state index >= 15 is 0 Å². The van der Waals surface area contributed by atoms with E-state index in [0.717, 1.165) is 18.7 Å². The smallest absolute Gasteiger partial charge is 0.270 e. The molecular weight excluding hydrogens is 252 g/mol. The molecule has 3 rings (SSSR count). The van der Waals surface area contributed by atoms with Crippen molar-refractivity contribution in [3.63, 3.8) is 0 Å². The number of aromatic nitrogens is 2. The van der Waals surface area contributed by atoms with E-state index in [1.54, 1.807) is 6.07 Å². The van der Waals surface area contributed by atoms with Crippen molar-refractivity contribution in [2.75, 3.05) is 5.32 Å². The zero-order valence-electron chi connectivity index (χ0n) is 11.8. The van der Waals surface area contributed by atoms with Gasteiger partial charge >= 0.3 is 0 Å². The second-order valence-corrected chi connectivity index (χ2v) is 5.87. The molecule has 0 saturated heterocycles. The number of hydrogen-bond donors (Lipinski definition) is 2. The van der Waals surface area contributed by atoms with E-state index in [4.69, 9.17) is 0 Å². The van der Waals surface area contributed by atoms with E-state index in [-0.39, 0.29) is 5.91 Å². The summed E-state index contributed by atoms with van der Waals surface area (Å²) < 4.78 is 0. The molecular formula is C15H22N4O. The molecule has 0 bridgehead atoms. The summed E-state index contributed by atoms with van der Waals surface area (Å²) in [5, 5.41) is 6.41. The number of hydrogen-bond acceptors (Lipinski definition) is 4. The van der Waals surface area contributed by atoms with Crippen LogP contribution >= 0.6 is 0 Å². The molecule has 0 aliphatic heterocycles. The molecule has 0 aromatic carbocycles. The fourth-order valence-corrected chi connectivity index (χ4v) is 2.68. The minimum atomic E-state index is -0.0844. The van der Waals surface area contributed by atoms with Crippen molar-refractivity contribution in [1.29, 1.82) is 0 Å². The highest BCUT2D eigenvalue weighted by Gasteiger charge is 2.24. The van der Waals surface area contributed by atoms with Crippen LogP contribution in [0, 0.1) is 0 Å². The SMILES string of the molecule is O=C(NC1CC1)c1cc(NC2CCCCCC2)ncn1. The Bertz CT molecular complexity index is 465. The Morgan fingerprint density at radius 3 is 2.45 bits per heavy atom. The molecule has 0 spiro atoms. The Morgan fingerprint density at radius 1 is 1.00 bits per heavy atom. The topological polar surface area (TPSA) is 66.9 Å². The lowest BCUT2D eigenvalue weighted by Gasteiger charge is -2.16. The first-order valence-corrected chi connectivity index (χ1v) is 7.71. The van der Waals surface area contributed by atoms with Crippen LogP contribution < -0.4 is 10.6 Å².